The number of hydrogen-bond acceptors (Lipinski definition) is 8. The van der Waals surface area contributed by atoms with Gasteiger partial charge in [0.1, 0.15) is 0 Å². The standard InChI is InChI=1S/C38H36N6O4S2/c1-3-25-13-17-27(18-14-25)39-33(45)23-49-37-41-31-11-7-5-9-29(31)35(47)43(37)21-22-44-36(48)30-10-6-8-12-32(30)42-38(44)50-24-34(46)40-28-19-15-26(4-2)16-20-28/h5-20H,3-4,21-24H2,1-2H3,(H,39,45)(H,40,46). The lowest BCUT2D eigenvalue weighted by Gasteiger charge is -2.16. The zero-order chi connectivity index (χ0) is 35.0. The van der Waals surface area contributed by atoms with Gasteiger partial charge >= 0.3 is 0 Å². The normalized spacial score (nSPS) is 11.2. The van der Waals surface area contributed by atoms with Crippen molar-refractivity contribution < 1.29 is 9.59 Å². The van der Waals surface area contributed by atoms with Crippen molar-refractivity contribution in [2.24, 2.45) is 0 Å². The SMILES string of the molecule is CCc1ccc(NC(=O)CSc2nc3ccccc3c(=O)n2CCn2c(SCC(=O)Nc3ccc(CC)cc3)nc3ccccc3c2=O)cc1. The van der Waals surface area contributed by atoms with Gasteiger partial charge in [-0.05, 0) is 72.5 Å². The quantitative estimate of drug-likeness (QED) is 0.105. The van der Waals surface area contributed by atoms with E-state index in [-0.39, 0.29) is 47.5 Å². The summed E-state index contributed by atoms with van der Waals surface area (Å²) in [6, 6.07) is 29.4. The van der Waals surface area contributed by atoms with Gasteiger partial charge < -0.3 is 10.6 Å². The number of benzene rings is 4. The molecule has 0 aliphatic carbocycles. The third kappa shape index (κ3) is 8.15. The highest BCUT2D eigenvalue weighted by Crippen LogP contribution is 2.22. The fourth-order valence-corrected chi connectivity index (χ4v) is 7.06. The lowest BCUT2D eigenvalue weighted by atomic mass is 10.1. The molecule has 0 atom stereocenters. The van der Waals surface area contributed by atoms with Crippen LogP contribution in [0.25, 0.3) is 21.8 Å². The highest BCUT2D eigenvalue weighted by Gasteiger charge is 2.17. The van der Waals surface area contributed by atoms with Gasteiger partial charge in [-0.3, -0.25) is 28.3 Å². The second kappa shape index (κ2) is 16.0. The minimum Gasteiger partial charge on any atom is -0.325 e. The number of nitrogens with zero attached hydrogens (tertiary/aromatic N) is 4. The van der Waals surface area contributed by atoms with Crippen molar-refractivity contribution in [1.29, 1.82) is 0 Å². The molecule has 2 N–H and O–H groups in total. The minimum absolute atomic E-state index is 0.0230. The molecule has 0 fully saturated rings. The smallest absolute Gasteiger partial charge is 0.262 e. The number of rotatable bonds is 13. The van der Waals surface area contributed by atoms with Crippen molar-refractivity contribution in [3.05, 3.63) is 129 Å². The molecular formula is C38H36N6O4S2. The summed E-state index contributed by atoms with van der Waals surface area (Å²) in [7, 11) is 0. The van der Waals surface area contributed by atoms with Crippen molar-refractivity contribution in [3.63, 3.8) is 0 Å². The van der Waals surface area contributed by atoms with Gasteiger partial charge in [-0.25, -0.2) is 9.97 Å². The number of carbonyl (C=O) groups excluding carboxylic acids is 2. The summed E-state index contributed by atoms with van der Waals surface area (Å²) in [4.78, 5) is 63.0. The molecule has 0 aliphatic heterocycles. The summed E-state index contributed by atoms with van der Waals surface area (Å²) >= 11 is 2.31. The first kappa shape index (κ1) is 34.7. The Hall–Kier alpha value is -5.20. The van der Waals surface area contributed by atoms with Gasteiger partial charge in [-0.1, -0.05) is 85.9 Å². The summed E-state index contributed by atoms with van der Waals surface area (Å²) in [5.74, 6) is -0.424. The molecule has 6 aromatic rings. The second-order valence-corrected chi connectivity index (χ2v) is 13.4. The van der Waals surface area contributed by atoms with Crippen LogP contribution in [0.5, 0.6) is 0 Å². The first-order chi connectivity index (χ1) is 24.3. The number of hydrogen-bond donors (Lipinski definition) is 2. The molecule has 0 unspecified atom stereocenters. The summed E-state index contributed by atoms with van der Waals surface area (Å²) in [6.07, 6.45) is 1.81. The van der Waals surface area contributed by atoms with Crippen LogP contribution in [0, 0.1) is 0 Å². The number of anilines is 2. The zero-order valence-electron chi connectivity index (χ0n) is 27.7. The molecule has 10 nitrogen and oxygen atoms in total. The number of carbonyl (C=O) groups is 2. The summed E-state index contributed by atoms with van der Waals surface area (Å²) < 4.78 is 3.00. The molecule has 0 bridgehead atoms. The summed E-state index contributed by atoms with van der Waals surface area (Å²) in [5, 5.41) is 7.38. The molecule has 0 aliphatic rings. The number of aryl methyl sites for hydroxylation is 2. The molecule has 0 saturated carbocycles. The van der Waals surface area contributed by atoms with E-state index in [0.29, 0.717) is 43.5 Å². The Morgan fingerprint density at radius 2 is 0.960 bits per heavy atom. The Bertz CT molecular complexity index is 2120. The number of para-hydroxylation sites is 2. The van der Waals surface area contributed by atoms with Gasteiger partial charge in [0, 0.05) is 24.5 Å². The molecule has 2 amide bonds. The largest absolute Gasteiger partial charge is 0.325 e. The van der Waals surface area contributed by atoms with Crippen molar-refractivity contribution in [2.75, 3.05) is 22.1 Å². The highest BCUT2D eigenvalue weighted by atomic mass is 32.2. The minimum atomic E-state index is -0.280. The van der Waals surface area contributed by atoms with E-state index >= 15 is 0 Å². The maximum absolute atomic E-state index is 13.8. The van der Waals surface area contributed by atoms with Gasteiger partial charge in [0.05, 0.1) is 33.3 Å². The van der Waals surface area contributed by atoms with Crippen LogP contribution in [0.3, 0.4) is 0 Å². The Labute approximate surface area is 297 Å². The Morgan fingerprint density at radius 3 is 1.34 bits per heavy atom. The van der Waals surface area contributed by atoms with E-state index in [1.54, 1.807) is 48.5 Å². The number of nitrogens with one attached hydrogen (secondary N) is 2. The van der Waals surface area contributed by atoms with E-state index < -0.39 is 0 Å². The number of fused-ring (bicyclic) bond motifs is 2. The molecule has 4 aromatic carbocycles. The average Bonchev–Trinajstić information content (AvgIpc) is 3.14. The van der Waals surface area contributed by atoms with Crippen LogP contribution in [-0.2, 0) is 35.5 Å². The average molecular weight is 705 g/mol. The number of aromatic nitrogens is 4. The third-order valence-corrected chi connectivity index (χ3v) is 10.1. The third-order valence-electron chi connectivity index (χ3n) is 8.16. The molecule has 0 saturated heterocycles. The molecule has 254 valence electrons. The summed E-state index contributed by atoms with van der Waals surface area (Å²) in [5.41, 5.74) is 4.19. The lowest BCUT2D eigenvalue weighted by Crippen LogP contribution is -2.30. The lowest BCUT2D eigenvalue weighted by molar-refractivity contribution is -0.114. The van der Waals surface area contributed by atoms with Crippen molar-refractivity contribution in [1.82, 2.24) is 19.1 Å². The molecule has 2 aromatic heterocycles. The van der Waals surface area contributed by atoms with E-state index in [1.165, 1.54) is 20.3 Å². The Kier molecular flexibility index (Phi) is 11.1. The Balaban J connectivity index is 1.25. The van der Waals surface area contributed by atoms with E-state index in [9.17, 15) is 19.2 Å². The van der Waals surface area contributed by atoms with E-state index in [1.807, 2.05) is 48.5 Å². The van der Waals surface area contributed by atoms with Crippen LogP contribution < -0.4 is 21.8 Å². The first-order valence-corrected chi connectivity index (χ1v) is 18.3. The fraction of sp³-hybridized carbons (Fsp3) is 0.211. The van der Waals surface area contributed by atoms with Crippen LogP contribution in [0.4, 0.5) is 11.4 Å². The van der Waals surface area contributed by atoms with E-state index in [2.05, 4.69) is 24.5 Å². The predicted molar refractivity (Wildman–Crippen MR) is 202 cm³/mol. The van der Waals surface area contributed by atoms with Crippen LogP contribution in [0.1, 0.15) is 25.0 Å². The molecule has 2 heterocycles. The van der Waals surface area contributed by atoms with Gasteiger partial charge in [-0.2, -0.15) is 0 Å². The molecule has 50 heavy (non-hydrogen) atoms. The van der Waals surface area contributed by atoms with Crippen molar-refractivity contribution >= 4 is 68.5 Å². The molecule has 0 spiro atoms. The fourth-order valence-electron chi connectivity index (χ4n) is 5.41. The second-order valence-electron chi connectivity index (χ2n) is 11.5. The summed E-state index contributed by atoms with van der Waals surface area (Å²) in [6.45, 7) is 4.31. The van der Waals surface area contributed by atoms with Crippen molar-refractivity contribution in [2.45, 2.75) is 50.1 Å². The molecule has 0 radical (unpaired) electrons. The van der Waals surface area contributed by atoms with E-state index in [0.717, 1.165) is 36.4 Å². The molecular weight excluding hydrogens is 669 g/mol. The van der Waals surface area contributed by atoms with E-state index in [4.69, 9.17) is 9.97 Å². The number of thioether (sulfide) groups is 2. The van der Waals surface area contributed by atoms with Gasteiger partial charge in [0.25, 0.3) is 11.1 Å². The molecule has 12 heteroatoms. The van der Waals surface area contributed by atoms with Gasteiger partial charge in [0.2, 0.25) is 11.8 Å². The van der Waals surface area contributed by atoms with Crippen LogP contribution in [0.2, 0.25) is 0 Å². The van der Waals surface area contributed by atoms with Crippen LogP contribution >= 0.6 is 23.5 Å². The number of amides is 2. The monoisotopic (exact) mass is 704 g/mol. The topological polar surface area (TPSA) is 128 Å². The first-order valence-electron chi connectivity index (χ1n) is 16.3. The van der Waals surface area contributed by atoms with Gasteiger partial charge in [-0.15, -0.1) is 0 Å². The Morgan fingerprint density at radius 1 is 0.580 bits per heavy atom. The molecule has 6 rings (SSSR count). The maximum atomic E-state index is 13.8. The zero-order valence-corrected chi connectivity index (χ0v) is 29.4. The highest BCUT2D eigenvalue weighted by molar-refractivity contribution is 8.00. The maximum Gasteiger partial charge on any atom is 0.262 e. The predicted octanol–water partition coefficient (Wildman–Crippen LogP) is 6.39. The van der Waals surface area contributed by atoms with Crippen LogP contribution in [0.15, 0.2) is 117 Å². The van der Waals surface area contributed by atoms with Crippen LogP contribution in [-0.4, -0.2) is 42.4 Å². The van der Waals surface area contributed by atoms with Gasteiger partial charge in [0.15, 0.2) is 10.3 Å². The van der Waals surface area contributed by atoms with Crippen molar-refractivity contribution in [3.8, 4) is 0 Å².